The summed E-state index contributed by atoms with van der Waals surface area (Å²) in [5.41, 5.74) is 1.01. The number of nitrogens with one attached hydrogen (secondary N) is 1. The molecule has 17 heavy (non-hydrogen) atoms. The van der Waals surface area contributed by atoms with E-state index in [1.165, 1.54) is 13.1 Å². The van der Waals surface area contributed by atoms with E-state index >= 15 is 0 Å². The van der Waals surface area contributed by atoms with Crippen LogP contribution < -0.4 is 5.32 Å². The number of aryl methyl sites for hydroxylation is 1. The van der Waals surface area contributed by atoms with E-state index in [0.29, 0.717) is 0 Å². The molecule has 0 aliphatic rings. The van der Waals surface area contributed by atoms with Crippen LogP contribution in [0.25, 0.3) is 0 Å². The van der Waals surface area contributed by atoms with Crippen molar-refractivity contribution in [3.05, 3.63) is 29.6 Å². The second-order valence-electron chi connectivity index (χ2n) is 3.72. The quantitative estimate of drug-likeness (QED) is 0.683. The number of aliphatic carboxylic acids is 1. The van der Waals surface area contributed by atoms with Gasteiger partial charge in [-0.3, -0.25) is 9.78 Å². The Morgan fingerprint density at radius 2 is 2.06 bits per heavy atom. The molecule has 0 fully saturated rings. The van der Waals surface area contributed by atoms with Gasteiger partial charge in [-0.25, -0.2) is 4.79 Å². The molecule has 1 amide bonds. The maximum Gasteiger partial charge on any atom is 0.328 e. The Morgan fingerprint density at radius 3 is 2.47 bits per heavy atom. The average molecular weight is 238 g/mol. The molecule has 0 unspecified atom stereocenters. The minimum absolute atomic E-state index is 0.252. The third kappa shape index (κ3) is 3.53. The van der Waals surface area contributed by atoms with E-state index in [0.717, 1.165) is 5.69 Å². The number of rotatable bonds is 4. The molecule has 1 aromatic heterocycles. The first-order valence-corrected chi connectivity index (χ1v) is 5.06. The largest absolute Gasteiger partial charge is 0.480 e. The van der Waals surface area contributed by atoms with Gasteiger partial charge in [0.1, 0.15) is 0 Å². The molecule has 0 bridgehead atoms. The van der Waals surface area contributed by atoms with Gasteiger partial charge in [0.25, 0.3) is 5.91 Å². The Bertz CT molecular complexity index is 414. The van der Waals surface area contributed by atoms with Gasteiger partial charge in [-0.2, -0.15) is 0 Å². The van der Waals surface area contributed by atoms with Crippen LogP contribution in [0.2, 0.25) is 0 Å². The lowest BCUT2D eigenvalue weighted by atomic mass is 10.1. The summed E-state index contributed by atoms with van der Waals surface area (Å²) in [6.45, 7) is 3.07. The van der Waals surface area contributed by atoms with Crippen molar-refractivity contribution < 1.29 is 19.8 Å². The molecule has 1 aromatic rings. The lowest BCUT2D eigenvalue weighted by molar-refractivity contribution is -0.141. The number of carboxylic acid groups (broad SMARTS) is 1. The van der Waals surface area contributed by atoms with Crippen LogP contribution in [0.5, 0.6) is 0 Å². The maximum atomic E-state index is 11.6. The molecule has 1 rings (SSSR count). The van der Waals surface area contributed by atoms with Crippen LogP contribution in [-0.2, 0) is 4.79 Å². The molecule has 6 nitrogen and oxygen atoms in total. The third-order valence-electron chi connectivity index (χ3n) is 2.21. The Kier molecular flexibility index (Phi) is 4.17. The lowest BCUT2D eigenvalue weighted by Crippen LogP contribution is -2.47. The SMILES string of the molecule is Cc1ccc(C(=O)N[C@H](C(=O)O)[C@@H](C)O)cn1. The summed E-state index contributed by atoms with van der Waals surface area (Å²) in [5.74, 6) is -1.86. The topological polar surface area (TPSA) is 99.5 Å². The maximum absolute atomic E-state index is 11.6. The van der Waals surface area contributed by atoms with Crippen molar-refractivity contribution >= 4 is 11.9 Å². The summed E-state index contributed by atoms with van der Waals surface area (Å²) >= 11 is 0. The van der Waals surface area contributed by atoms with Crippen molar-refractivity contribution in [2.45, 2.75) is 26.0 Å². The number of pyridine rings is 1. The molecule has 0 saturated heterocycles. The van der Waals surface area contributed by atoms with Gasteiger partial charge in [0.15, 0.2) is 6.04 Å². The number of aliphatic hydroxyl groups is 1. The third-order valence-corrected chi connectivity index (χ3v) is 2.21. The molecule has 0 spiro atoms. The molecule has 6 heteroatoms. The van der Waals surface area contributed by atoms with Crippen LogP contribution in [0.1, 0.15) is 23.0 Å². The van der Waals surface area contributed by atoms with Crippen LogP contribution in [0.15, 0.2) is 18.3 Å². The van der Waals surface area contributed by atoms with E-state index in [1.54, 1.807) is 19.1 Å². The van der Waals surface area contributed by atoms with E-state index in [2.05, 4.69) is 10.3 Å². The number of nitrogens with zero attached hydrogens (tertiary/aromatic N) is 1. The fourth-order valence-corrected chi connectivity index (χ4v) is 1.22. The number of hydrogen-bond donors (Lipinski definition) is 3. The fraction of sp³-hybridized carbons (Fsp3) is 0.364. The van der Waals surface area contributed by atoms with Crippen LogP contribution in [0, 0.1) is 6.92 Å². The minimum Gasteiger partial charge on any atom is -0.480 e. The normalized spacial score (nSPS) is 13.8. The van der Waals surface area contributed by atoms with Crippen molar-refractivity contribution in [2.24, 2.45) is 0 Å². The van der Waals surface area contributed by atoms with Crippen LogP contribution in [0.4, 0.5) is 0 Å². The summed E-state index contributed by atoms with van der Waals surface area (Å²) in [6.07, 6.45) is 0.181. The number of carbonyl (C=O) groups is 2. The minimum atomic E-state index is -1.33. The summed E-state index contributed by atoms with van der Waals surface area (Å²) in [7, 11) is 0. The van der Waals surface area contributed by atoms with Crippen molar-refractivity contribution in [2.75, 3.05) is 0 Å². The smallest absolute Gasteiger partial charge is 0.328 e. The predicted octanol–water partition coefficient (Wildman–Crippen LogP) is -0.0462. The molecule has 3 N–H and O–H groups in total. The van der Waals surface area contributed by atoms with E-state index in [1.807, 2.05) is 0 Å². The van der Waals surface area contributed by atoms with Crippen molar-refractivity contribution in [3.63, 3.8) is 0 Å². The van der Waals surface area contributed by atoms with Crippen LogP contribution in [-0.4, -0.2) is 39.2 Å². The summed E-state index contributed by atoms with van der Waals surface area (Å²) in [5, 5.41) is 20.2. The average Bonchev–Trinajstić information content (AvgIpc) is 2.25. The van der Waals surface area contributed by atoms with Gasteiger partial charge in [0, 0.05) is 11.9 Å². The zero-order valence-corrected chi connectivity index (χ0v) is 9.54. The van der Waals surface area contributed by atoms with Crippen molar-refractivity contribution in [1.82, 2.24) is 10.3 Å². The standard InChI is InChI=1S/C11H14N2O4/c1-6-3-4-8(5-12-6)10(15)13-9(7(2)14)11(16)17/h3-5,7,9,14H,1-2H3,(H,13,15)(H,16,17)/t7-,9+/m1/s1. The van der Waals surface area contributed by atoms with Gasteiger partial charge in [-0.05, 0) is 26.0 Å². The van der Waals surface area contributed by atoms with E-state index < -0.39 is 24.0 Å². The molecule has 1 heterocycles. The van der Waals surface area contributed by atoms with E-state index in [9.17, 15) is 14.7 Å². The molecule has 0 aliphatic heterocycles. The summed E-state index contributed by atoms with van der Waals surface area (Å²) in [6, 6.07) is 1.86. The predicted molar refractivity (Wildman–Crippen MR) is 59.5 cm³/mol. The van der Waals surface area contributed by atoms with Gasteiger partial charge < -0.3 is 15.5 Å². The molecule has 0 aromatic carbocycles. The number of carboxylic acids is 1. The number of amides is 1. The first kappa shape index (κ1) is 13.1. The molecule has 0 radical (unpaired) electrons. The van der Waals surface area contributed by atoms with Crippen LogP contribution >= 0.6 is 0 Å². The van der Waals surface area contributed by atoms with Gasteiger partial charge in [-0.1, -0.05) is 0 Å². The monoisotopic (exact) mass is 238 g/mol. The zero-order chi connectivity index (χ0) is 13.0. The number of carbonyl (C=O) groups excluding carboxylic acids is 1. The first-order chi connectivity index (χ1) is 7.91. The van der Waals surface area contributed by atoms with Gasteiger partial charge >= 0.3 is 5.97 Å². The number of aromatic nitrogens is 1. The van der Waals surface area contributed by atoms with Crippen molar-refractivity contribution in [1.29, 1.82) is 0 Å². The van der Waals surface area contributed by atoms with Gasteiger partial charge in [0.05, 0.1) is 11.7 Å². The summed E-state index contributed by atoms with van der Waals surface area (Å²) < 4.78 is 0. The van der Waals surface area contributed by atoms with E-state index in [4.69, 9.17) is 5.11 Å². The Balaban J connectivity index is 2.77. The molecule has 92 valence electrons. The highest BCUT2D eigenvalue weighted by atomic mass is 16.4. The molecule has 2 atom stereocenters. The van der Waals surface area contributed by atoms with Gasteiger partial charge in [0.2, 0.25) is 0 Å². The molecule has 0 aliphatic carbocycles. The van der Waals surface area contributed by atoms with Crippen LogP contribution in [0.3, 0.4) is 0 Å². The summed E-state index contributed by atoms with van der Waals surface area (Å²) in [4.78, 5) is 26.3. The Morgan fingerprint density at radius 1 is 1.41 bits per heavy atom. The lowest BCUT2D eigenvalue weighted by Gasteiger charge is -2.16. The fourth-order valence-electron chi connectivity index (χ4n) is 1.22. The molecular weight excluding hydrogens is 224 g/mol. The Labute approximate surface area is 98.3 Å². The van der Waals surface area contributed by atoms with Crippen molar-refractivity contribution in [3.8, 4) is 0 Å². The van der Waals surface area contributed by atoms with Gasteiger partial charge in [-0.15, -0.1) is 0 Å². The second-order valence-corrected chi connectivity index (χ2v) is 3.72. The Hall–Kier alpha value is -1.95. The second kappa shape index (κ2) is 5.40. The molecular formula is C11H14N2O4. The first-order valence-electron chi connectivity index (χ1n) is 5.06. The number of aliphatic hydroxyl groups excluding tert-OH is 1. The van der Waals surface area contributed by atoms with E-state index in [-0.39, 0.29) is 5.56 Å². The number of hydrogen-bond acceptors (Lipinski definition) is 4. The highest BCUT2D eigenvalue weighted by Crippen LogP contribution is 2.01. The zero-order valence-electron chi connectivity index (χ0n) is 9.54. The molecule has 0 saturated carbocycles. The highest BCUT2D eigenvalue weighted by molar-refractivity contribution is 5.96. The highest BCUT2D eigenvalue weighted by Gasteiger charge is 2.25.